The Balaban J connectivity index is 3.98. The number of unbranched alkanes of at least 4 members (excludes halogenated alkanes) is 2. The third-order valence-electron chi connectivity index (χ3n) is 3.19. The van der Waals surface area contributed by atoms with Gasteiger partial charge in [-0.05, 0) is 39.2 Å². The van der Waals surface area contributed by atoms with Crippen LogP contribution in [0, 0.1) is 5.92 Å². The molecule has 0 aliphatic carbocycles. The van der Waals surface area contributed by atoms with Crippen molar-refractivity contribution in [3.05, 3.63) is 0 Å². The Hall–Kier alpha value is 0.440. The topological polar surface area (TPSA) is 3.24 Å². The highest BCUT2D eigenvalue weighted by Gasteiger charge is 2.14. The van der Waals surface area contributed by atoms with Crippen LogP contribution in [0.15, 0.2) is 0 Å². The zero-order valence-corrected chi connectivity index (χ0v) is 13.2. The predicted molar refractivity (Wildman–Crippen MR) is 78.4 cm³/mol. The van der Waals surface area contributed by atoms with Crippen LogP contribution in [0.2, 0.25) is 0 Å². The zero-order chi connectivity index (χ0) is 12.4. The molecule has 0 aromatic rings. The summed E-state index contributed by atoms with van der Waals surface area (Å²) in [5.41, 5.74) is 0. The molecule has 1 nitrogen and oxygen atoms in total. The van der Waals surface area contributed by atoms with Crippen LogP contribution in [-0.4, -0.2) is 29.4 Å². The summed E-state index contributed by atoms with van der Waals surface area (Å²) in [6, 6.07) is 0.690. The molecule has 0 aromatic heterocycles. The van der Waals surface area contributed by atoms with Crippen LogP contribution in [0.1, 0.15) is 59.8 Å². The van der Waals surface area contributed by atoms with E-state index in [1.54, 1.807) is 0 Å². The molecule has 0 saturated heterocycles. The van der Waals surface area contributed by atoms with Crippen LogP contribution in [0.25, 0.3) is 0 Å². The molecular weight excluding hydrogens is 262 g/mol. The summed E-state index contributed by atoms with van der Waals surface area (Å²) in [4.78, 5) is 2.65. The fourth-order valence-corrected chi connectivity index (χ4v) is 2.61. The lowest BCUT2D eigenvalue weighted by atomic mass is 10.0. The van der Waals surface area contributed by atoms with Crippen LogP contribution < -0.4 is 0 Å². The summed E-state index contributed by atoms with van der Waals surface area (Å²) in [5.74, 6) is 0.828. The highest BCUT2D eigenvalue weighted by Crippen LogP contribution is 2.14. The van der Waals surface area contributed by atoms with Gasteiger partial charge in [0.25, 0.3) is 0 Å². The van der Waals surface area contributed by atoms with Crippen LogP contribution >= 0.6 is 15.9 Å². The molecule has 16 heavy (non-hydrogen) atoms. The maximum atomic E-state index is 3.65. The highest BCUT2D eigenvalue weighted by atomic mass is 79.9. The SMILES string of the molecule is CCCCCN(CC(CBr)CCC)C(C)C. The van der Waals surface area contributed by atoms with E-state index in [-0.39, 0.29) is 0 Å². The molecular formula is C14H30BrN. The van der Waals surface area contributed by atoms with Crippen molar-refractivity contribution in [3.8, 4) is 0 Å². The van der Waals surface area contributed by atoms with Crippen molar-refractivity contribution in [2.75, 3.05) is 18.4 Å². The van der Waals surface area contributed by atoms with Crippen molar-refractivity contribution in [3.63, 3.8) is 0 Å². The maximum absolute atomic E-state index is 3.65. The maximum Gasteiger partial charge on any atom is 0.00718 e. The molecule has 0 N–H and O–H groups in total. The van der Waals surface area contributed by atoms with Crippen LogP contribution in [0.3, 0.4) is 0 Å². The first-order chi connectivity index (χ1) is 7.65. The van der Waals surface area contributed by atoms with Gasteiger partial charge in [-0.2, -0.15) is 0 Å². The molecule has 0 aliphatic heterocycles. The van der Waals surface area contributed by atoms with Gasteiger partial charge in [-0.1, -0.05) is 49.0 Å². The Morgan fingerprint density at radius 1 is 1.06 bits per heavy atom. The van der Waals surface area contributed by atoms with Gasteiger partial charge in [-0.3, -0.25) is 0 Å². The predicted octanol–water partition coefficient (Wildman–Crippen LogP) is 4.70. The van der Waals surface area contributed by atoms with E-state index in [1.165, 1.54) is 45.2 Å². The van der Waals surface area contributed by atoms with E-state index in [0.29, 0.717) is 6.04 Å². The second-order valence-corrected chi connectivity index (χ2v) is 5.75. The Morgan fingerprint density at radius 2 is 1.75 bits per heavy atom. The van der Waals surface area contributed by atoms with Gasteiger partial charge in [-0.15, -0.1) is 0 Å². The van der Waals surface area contributed by atoms with Gasteiger partial charge in [0.15, 0.2) is 0 Å². The van der Waals surface area contributed by atoms with Gasteiger partial charge in [0.1, 0.15) is 0 Å². The quantitative estimate of drug-likeness (QED) is 0.417. The standard InChI is InChI=1S/C14H30BrN/c1-5-7-8-10-16(13(3)4)12-14(11-15)9-6-2/h13-14H,5-12H2,1-4H3. The average Bonchev–Trinajstić information content (AvgIpc) is 2.26. The van der Waals surface area contributed by atoms with Gasteiger partial charge in [0.05, 0.1) is 0 Å². The van der Waals surface area contributed by atoms with Crippen molar-refractivity contribution in [2.24, 2.45) is 5.92 Å². The third kappa shape index (κ3) is 7.67. The van der Waals surface area contributed by atoms with Crippen molar-refractivity contribution >= 4 is 15.9 Å². The summed E-state index contributed by atoms with van der Waals surface area (Å²) in [6.45, 7) is 11.7. The number of rotatable bonds is 10. The van der Waals surface area contributed by atoms with Gasteiger partial charge >= 0.3 is 0 Å². The van der Waals surface area contributed by atoms with E-state index in [1.807, 2.05) is 0 Å². The van der Waals surface area contributed by atoms with Crippen LogP contribution in [0.5, 0.6) is 0 Å². The van der Waals surface area contributed by atoms with E-state index < -0.39 is 0 Å². The third-order valence-corrected chi connectivity index (χ3v) is 4.10. The smallest absolute Gasteiger partial charge is 0.00718 e. The second kappa shape index (κ2) is 10.6. The molecule has 0 amide bonds. The van der Waals surface area contributed by atoms with Gasteiger partial charge < -0.3 is 4.90 Å². The lowest BCUT2D eigenvalue weighted by molar-refractivity contribution is 0.186. The molecule has 0 spiro atoms. The van der Waals surface area contributed by atoms with Gasteiger partial charge in [0, 0.05) is 17.9 Å². The van der Waals surface area contributed by atoms with E-state index in [2.05, 4.69) is 48.5 Å². The lowest BCUT2D eigenvalue weighted by Crippen LogP contribution is -2.36. The molecule has 0 fully saturated rings. The van der Waals surface area contributed by atoms with Crippen molar-refractivity contribution in [2.45, 2.75) is 65.8 Å². The number of hydrogen-bond acceptors (Lipinski definition) is 1. The normalized spacial score (nSPS) is 13.7. The Labute approximate surface area is 111 Å². The molecule has 0 saturated carbocycles. The van der Waals surface area contributed by atoms with E-state index in [4.69, 9.17) is 0 Å². The van der Waals surface area contributed by atoms with Crippen molar-refractivity contribution in [1.29, 1.82) is 0 Å². The minimum absolute atomic E-state index is 0.690. The van der Waals surface area contributed by atoms with Gasteiger partial charge in [0.2, 0.25) is 0 Å². The first-order valence-electron chi connectivity index (χ1n) is 6.95. The van der Waals surface area contributed by atoms with E-state index in [0.717, 1.165) is 11.2 Å². The zero-order valence-electron chi connectivity index (χ0n) is 11.6. The monoisotopic (exact) mass is 291 g/mol. The fourth-order valence-electron chi connectivity index (χ4n) is 2.08. The molecule has 2 heteroatoms. The van der Waals surface area contributed by atoms with E-state index in [9.17, 15) is 0 Å². The molecule has 1 unspecified atom stereocenters. The molecule has 0 aliphatic rings. The first kappa shape index (κ1) is 16.4. The largest absolute Gasteiger partial charge is 0.301 e. The highest BCUT2D eigenvalue weighted by molar-refractivity contribution is 9.09. The number of alkyl halides is 1. The minimum Gasteiger partial charge on any atom is -0.301 e. The second-order valence-electron chi connectivity index (χ2n) is 5.10. The Kier molecular flexibility index (Phi) is 10.9. The summed E-state index contributed by atoms with van der Waals surface area (Å²) in [5, 5.41) is 1.15. The number of halogens is 1. The van der Waals surface area contributed by atoms with Gasteiger partial charge in [-0.25, -0.2) is 0 Å². The van der Waals surface area contributed by atoms with Crippen LogP contribution in [0.4, 0.5) is 0 Å². The molecule has 0 heterocycles. The van der Waals surface area contributed by atoms with Crippen LogP contribution in [-0.2, 0) is 0 Å². The number of hydrogen-bond donors (Lipinski definition) is 0. The molecule has 0 radical (unpaired) electrons. The fraction of sp³-hybridized carbons (Fsp3) is 1.00. The first-order valence-corrected chi connectivity index (χ1v) is 8.07. The van der Waals surface area contributed by atoms with E-state index >= 15 is 0 Å². The Bertz CT molecular complexity index is 148. The minimum atomic E-state index is 0.690. The molecule has 0 bridgehead atoms. The number of nitrogens with zero attached hydrogens (tertiary/aromatic N) is 1. The van der Waals surface area contributed by atoms with Crippen molar-refractivity contribution < 1.29 is 0 Å². The Morgan fingerprint density at radius 3 is 2.19 bits per heavy atom. The lowest BCUT2D eigenvalue weighted by Gasteiger charge is -2.30. The summed E-state index contributed by atoms with van der Waals surface area (Å²) < 4.78 is 0. The molecule has 0 aromatic carbocycles. The summed E-state index contributed by atoms with van der Waals surface area (Å²) >= 11 is 3.65. The summed E-state index contributed by atoms with van der Waals surface area (Å²) in [6.07, 6.45) is 6.70. The van der Waals surface area contributed by atoms with Crippen molar-refractivity contribution in [1.82, 2.24) is 4.90 Å². The molecule has 1 atom stereocenters. The average molecular weight is 292 g/mol. The molecule has 0 rings (SSSR count). The summed E-state index contributed by atoms with van der Waals surface area (Å²) in [7, 11) is 0. The molecule has 98 valence electrons.